The first-order chi connectivity index (χ1) is 14.2. The lowest BCUT2D eigenvalue weighted by Gasteiger charge is -2.40. The van der Waals surface area contributed by atoms with Crippen LogP contribution in [0.4, 0.5) is 0 Å². The second-order valence-corrected chi connectivity index (χ2v) is 10.6. The average molecular weight is 426 g/mol. The summed E-state index contributed by atoms with van der Waals surface area (Å²) < 4.78 is 39.9. The standard InChI is InChI=1S/C23H23NO5S/c1-14-8-10-15(11-9-14)30(26,27)24-12-17-18(13-24)23(2,3)29-21-16-6-4-5-7-19(16)28-22(25)20(17)21/h4-11,17-18H,12-13H2,1-3H3/t17-,18+/m1/s1. The maximum absolute atomic E-state index is 13.3. The molecule has 2 aromatic carbocycles. The third-order valence-corrected chi connectivity index (χ3v) is 8.22. The summed E-state index contributed by atoms with van der Waals surface area (Å²) in [5.41, 5.74) is 0.823. The van der Waals surface area contributed by atoms with E-state index in [4.69, 9.17) is 9.15 Å². The second-order valence-electron chi connectivity index (χ2n) is 8.68. The third kappa shape index (κ3) is 2.80. The largest absolute Gasteiger partial charge is 0.486 e. The first kappa shape index (κ1) is 19.3. The summed E-state index contributed by atoms with van der Waals surface area (Å²) >= 11 is 0. The van der Waals surface area contributed by atoms with Gasteiger partial charge in [0.15, 0.2) is 0 Å². The van der Waals surface area contributed by atoms with Gasteiger partial charge in [-0.1, -0.05) is 29.8 Å². The van der Waals surface area contributed by atoms with Crippen LogP contribution in [-0.2, 0) is 10.0 Å². The Balaban J connectivity index is 1.62. The number of hydrogen-bond donors (Lipinski definition) is 0. The van der Waals surface area contributed by atoms with Crippen LogP contribution >= 0.6 is 0 Å². The van der Waals surface area contributed by atoms with Crippen LogP contribution in [0.5, 0.6) is 5.75 Å². The first-order valence-electron chi connectivity index (χ1n) is 10.00. The molecule has 7 heteroatoms. The van der Waals surface area contributed by atoms with E-state index in [0.717, 1.165) is 10.9 Å². The highest BCUT2D eigenvalue weighted by Crippen LogP contribution is 2.50. The monoisotopic (exact) mass is 425 g/mol. The predicted molar refractivity (Wildman–Crippen MR) is 113 cm³/mol. The zero-order chi connectivity index (χ0) is 21.3. The van der Waals surface area contributed by atoms with Gasteiger partial charge in [0.2, 0.25) is 10.0 Å². The molecule has 0 amide bonds. The van der Waals surface area contributed by atoms with Crippen LogP contribution < -0.4 is 10.4 Å². The van der Waals surface area contributed by atoms with Crippen LogP contribution in [0.2, 0.25) is 0 Å². The fourth-order valence-corrected chi connectivity index (χ4v) is 6.22. The summed E-state index contributed by atoms with van der Waals surface area (Å²) in [6.45, 7) is 6.35. The highest BCUT2D eigenvalue weighted by molar-refractivity contribution is 7.89. The maximum atomic E-state index is 13.3. The van der Waals surface area contributed by atoms with Crippen molar-refractivity contribution in [2.45, 2.75) is 37.2 Å². The highest BCUT2D eigenvalue weighted by Gasteiger charge is 2.53. The van der Waals surface area contributed by atoms with E-state index in [2.05, 4.69) is 0 Å². The smallest absolute Gasteiger partial charge is 0.343 e. The molecule has 2 aliphatic heterocycles. The van der Waals surface area contributed by atoms with E-state index in [1.54, 1.807) is 36.4 Å². The molecule has 0 radical (unpaired) electrons. The van der Waals surface area contributed by atoms with E-state index in [0.29, 0.717) is 23.4 Å². The van der Waals surface area contributed by atoms with E-state index in [1.807, 2.05) is 32.9 Å². The average Bonchev–Trinajstić information content (AvgIpc) is 3.15. The molecule has 0 N–H and O–H groups in total. The molecule has 0 bridgehead atoms. The van der Waals surface area contributed by atoms with Crippen LogP contribution in [0.1, 0.15) is 30.9 Å². The number of benzene rings is 2. The Bertz CT molecular complexity index is 1310. The Morgan fingerprint density at radius 1 is 1.03 bits per heavy atom. The normalized spacial score (nSPS) is 23.0. The minimum Gasteiger partial charge on any atom is -0.486 e. The van der Waals surface area contributed by atoms with Crippen molar-refractivity contribution in [3.05, 3.63) is 70.1 Å². The van der Waals surface area contributed by atoms with Gasteiger partial charge >= 0.3 is 5.63 Å². The van der Waals surface area contributed by atoms with Gasteiger partial charge in [0.05, 0.1) is 15.8 Å². The lowest BCUT2D eigenvalue weighted by molar-refractivity contribution is 0.0258. The molecular weight excluding hydrogens is 402 g/mol. The van der Waals surface area contributed by atoms with Crippen molar-refractivity contribution in [1.29, 1.82) is 0 Å². The fourth-order valence-electron chi connectivity index (χ4n) is 4.72. The van der Waals surface area contributed by atoms with Crippen molar-refractivity contribution in [2.75, 3.05) is 13.1 Å². The molecule has 0 unspecified atom stereocenters. The lowest BCUT2D eigenvalue weighted by Crippen LogP contribution is -2.46. The molecular formula is C23H23NO5S. The molecule has 1 saturated heterocycles. The molecule has 0 saturated carbocycles. The maximum Gasteiger partial charge on any atom is 0.343 e. The van der Waals surface area contributed by atoms with E-state index >= 15 is 0 Å². The van der Waals surface area contributed by atoms with Crippen LogP contribution in [0.3, 0.4) is 0 Å². The van der Waals surface area contributed by atoms with E-state index < -0.39 is 21.2 Å². The van der Waals surface area contributed by atoms with Gasteiger partial charge in [-0.3, -0.25) is 0 Å². The van der Waals surface area contributed by atoms with Gasteiger partial charge in [-0.15, -0.1) is 0 Å². The van der Waals surface area contributed by atoms with Gasteiger partial charge in [-0.25, -0.2) is 13.2 Å². The molecule has 1 aromatic heterocycles. The Kier molecular flexibility index (Phi) is 4.14. The van der Waals surface area contributed by atoms with Crippen molar-refractivity contribution in [1.82, 2.24) is 4.31 Å². The minimum absolute atomic E-state index is 0.158. The van der Waals surface area contributed by atoms with Gasteiger partial charge in [0, 0.05) is 24.9 Å². The lowest BCUT2D eigenvalue weighted by atomic mass is 9.76. The van der Waals surface area contributed by atoms with Crippen molar-refractivity contribution in [2.24, 2.45) is 5.92 Å². The van der Waals surface area contributed by atoms with Crippen molar-refractivity contribution >= 4 is 21.0 Å². The highest BCUT2D eigenvalue weighted by atomic mass is 32.2. The van der Waals surface area contributed by atoms with Gasteiger partial charge < -0.3 is 9.15 Å². The number of aryl methyl sites for hydroxylation is 1. The number of ether oxygens (including phenoxy) is 1. The molecule has 5 rings (SSSR count). The van der Waals surface area contributed by atoms with E-state index in [1.165, 1.54) is 4.31 Å². The molecule has 3 aromatic rings. The summed E-state index contributed by atoms with van der Waals surface area (Å²) in [5, 5.41) is 0.735. The molecule has 1 fully saturated rings. The Morgan fingerprint density at radius 3 is 2.47 bits per heavy atom. The molecule has 0 spiro atoms. The Morgan fingerprint density at radius 2 is 1.73 bits per heavy atom. The number of sulfonamides is 1. The summed E-state index contributed by atoms with van der Waals surface area (Å²) in [6, 6.07) is 14.1. The zero-order valence-corrected chi connectivity index (χ0v) is 17.9. The fraction of sp³-hybridized carbons (Fsp3) is 0.348. The number of fused-ring (bicyclic) bond motifs is 5. The Labute approximate surface area is 175 Å². The number of hydrogen-bond acceptors (Lipinski definition) is 5. The van der Waals surface area contributed by atoms with Crippen LogP contribution in [0, 0.1) is 12.8 Å². The van der Waals surface area contributed by atoms with Gasteiger partial charge in [0.1, 0.15) is 16.9 Å². The van der Waals surface area contributed by atoms with Crippen molar-refractivity contribution in [3.63, 3.8) is 0 Å². The summed E-state index contributed by atoms with van der Waals surface area (Å²) in [4.78, 5) is 13.1. The molecule has 6 nitrogen and oxygen atoms in total. The minimum atomic E-state index is -3.68. The molecule has 2 atom stereocenters. The molecule has 2 aliphatic rings. The van der Waals surface area contributed by atoms with Crippen LogP contribution in [-0.4, -0.2) is 31.4 Å². The summed E-state index contributed by atoms with van der Waals surface area (Å²) in [7, 11) is -3.68. The number of nitrogens with zero attached hydrogens (tertiary/aromatic N) is 1. The van der Waals surface area contributed by atoms with Gasteiger partial charge in [-0.2, -0.15) is 4.31 Å². The van der Waals surface area contributed by atoms with E-state index in [9.17, 15) is 13.2 Å². The third-order valence-electron chi connectivity index (χ3n) is 6.37. The topological polar surface area (TPSA) is 76.8 Å². The van der Waals surface area contributed by atoms with Crippen molar-refractivity contribution in [3.8, 4) is 5.75 Å². The SMILES string of the molecule is Cc1ccc(S(=O)(=O)N2C[C@H]3c4c(c5ccccc5oc4=O)OC(C)(C)[C@H]3C2)cc1. The number of rotatable bonds is 2. The molecule has 156 valence electrons. The van der Waals surface area contributed by atoms with Crippen LogP contribution in [0.25, 0.3) is 11.0 Å². The molecule has 0 aliphatic carbocycles. The van der Waals surface area contributed by atoms with Gasteiger partial charge in [-0.05, 0) is 45.0 Å². The van der Waals surface area contributed by atoms with Gasteiger partial charge in [0.25, 0.3) is 0 Å². The first-order valence-corrected chi connectivity index (χ1v) is 11.4. The molecule has 30 heavy (non-hydrogen) atoms. The van der Waals surface area contributed by atoms with Crippen molar-refractivity contribution < 1.29 is 17.6 Å². The number of para-hydroxylation sites is 1. The summed E-state index contributed by atoms with van der Waals surface area (Å²) in [5.74, 6) is 0.0711. The zero-order valence-electron chi connectivity index (χ0n) is 17.1. The quantitative estimate of drug-likeness (QED) is 0.586. The van der Waals surface area contributed by atoms with E-state index in [-0.39, 0.29) is 23.3 Å². The summed E-state index contributed by atoms with van der Waals surface area (Å²) in [6.07, 6.45) is 0. The molecule has 3 heterocycles. The predicted octanol–water partition coefficient (Wildman–Crippen LogP) is 3.68. The van der Waals surface area contributed by atoms with Crippen LogP contribution in [0.15, 0.2) is 62.6 Å². The Hall–Kier alpha value is -2.64. The second kappa shape index (κ2) is 6.43.